The maximum absolute atomic E-state index is 12.0. The third kappa shape index (κ3) is 3.84. The first kappa shape index (κ1) is 14.2. The summed E-state index contributed by atoms with van der Waals surface area (Å²) in [6.45, 7) is 8.90. The van der Waals surface area contributed by atoms with Gasteiger partial charge in [0.05, 0.1) is 5.56 Å². The molecule has 96 valence electrons. The summed E-state index contributed by atoms with van der Waals surface area (Å²) in [5, 5.41) is 0. The summed E-state index contributed by atoms with van der Waals surface area (Å²) >= 11 is 0. The summed E-state index contributed by atoms with van der Waals surface area (Å²) in [6, 6.07) is 6.67. The van der Waals surface area contributed by atoms with Gasteiger partial charge in [-0.3, -0.25) is 4.79 Å². The Labute approximate surface area is 107 Å². The Hall–Kier alpha value is -1.90. The molecule has 0 aliphatic heterocycles. The maximum atomic E-state index is 12.0. The lowest BCUT2D eigenvalue weighted by molar-refractivity contribution is 0.00677. The molecule has 0 unspecified atom stereocenters. The zero-order valence-corrected chi connectivity index (χ0v) is 11.0. The summed E-state index contributed by atoms with van der Waals surface area (Å²) in [4.78, 5) is 23.8. The van der Waals surface area contributed by atoms with Gasteiger partial charge in [0.1, 0.15) is 5.60 Å². The summed E-state index contributed by atoms with van der Waals surface area (Å²) in [5.41, 5.74) is 0.108. The SMILES string of the molecule is C=CCC(=O)c1ccccc1C(=O)OC(C)(C)C. The smallest absolute Gasteiger partial charge is 0.339 e. The molecule has 0 atom stereocenters. The molecule has 0 amide bonds. The van der Waals surface area contributed by atoms with E-state index in [0.29, 0.717) is 11.1 Å². The molecular formula is C15H18O3. The highest BCUT2D eigenvalue weighted by molar-refractivity contribution is 6.06. The maximum Gasteiger partial charge on any atom is 0.339 e. The lowest BCUT2D eigenvalue weighted by Crippen LogP contribution is -2.25. The van der Waals surface area contributed by atoms with Crippen molar-refractivity contribution in [3.63, 3.8) is 0 Å². The second kappa shape index (κ2) is 5.63. The van der Waals surface area contributed by atoms with Crippen molar-refractivity contribution < 1.29 is 14.3 Å². The van der Waals surface area contributed by atoms with Gasteiger partial charge in [0.2, 0.25) is 0 Å². The predicted molar refractivity (Wildman–Crippen MR) is 70.8 cm³/mol. The number of benzene rings is 1. The molecule has 0 saturated heterocycles. The number of carbonyl (C=O) groups is 2. The van der Waals surface area contributed by atoms with E-state index in [1.165, 1.54) is 6.08 Å². The Balaban J connectivity index is 3.05. The van der Waals surface area contributed by atoms with Crippen LogP contribution in [0.1, 0.15) is 47.9 Å². The van der Waals surface area contributed by atoms with Gasteiger partial charge in [-0.05, 0) is 26.8 Å². The number of hydrogen-bond donors (Lipinski definition) is 0. The second-order valence-corrected chi connectivity index (χ2v) is 4.96. The van der Waals surface area contributed by atoms with E-state index in [1.807, 2.05) is 0 Å². The largest absolute Gasteiger partial charge is 0.456 e. The van der Waals surface area contributed by atoms with Crippen molar-refractivity contribution in [2.75, 3.05) is 0 Å². The number of allylic oxidation sites excluding steroid dienone is 1. The minimum atomic E-state index is -0.578. The van der Waals surface area contributed by atoms with Crippen LogP contribution in [0.5, 0.6) is 0 Å². The number of ketones is 1. The number of ether oxygens (including phenoxy) is 1. The number of carbonyl (C=O) groups excluding carboxylic acids is 2. The number of esters is 1. The Kier molecular flexibility index (Phi) is 4.43. The highest BCUT2D eigenvalue weighted by Crippen LogP contribution is 2.17. The molecular weight excluding hydrogens is 228 g/mol. The molecule has 0 aliphatic rings. The lowest BCUT2D eigenvalue weighted by Gasteiger charge is -2.20. The van der Waals surface area contributed by atoms with Crippen LogP contribution in [0.15, 0.2) is 36.9 Å². The lowest BCUT2D eigenvalue weighted by atomic mass is 10.0. The predicted octanol–water partition coefficient (Wildman–Crippen LogP) is 3.40. The normalized spacial score (nSPS) is 10.8. The molecule has 18 heavy (non-hydrogen) atoms. The zero-order valence-electron chi connectivity index (χ0n) is 11.0. The van der Waals surface area contributed by atoms with E-state index < -0.39 is 11.6 Å². The molecule has 0 aliphatic carbocycles. The minimum absolute atomic E-state index is 0.133. The van der Waals surface area contributed by atoms with Crippen molar-refractivity contribution in [1.82, 2.24) is 0 Å². The van der Waals surface area contributed by atoms with E-state index in [1.54, 1.807) is 45.0 Å². The molecule has 0 spiro atoms. The van der Waals surface area contributed by atoms with Crippen LogP contribution in [0.3, 0.4) is 0 Å². The van der Waals surface area contributed by atoms with Crippen molar-refractivity contribution >= 4 is 11.8 Å². The molecule has 3 heteroatoms. The molecule has 0 aromatic heterocycles. The summed E-state index contributed by atoms with van der Waals surface area (Å²) in [6.07, 6.45) is 1.73. The van der Waals surface area contributed by atoms with E-state index >= 15 is 0 Å². The standard InChI is InChI=1S/C15H18O3/c1-5-8-13(16)11-9-6-7-10-12(11)14(17)18-15(2,3)4/h5-7,9-10H,1,8H2,2-4H3. The third-order valence-corrected chi connectivity index (χ3v) is 2.18. The van der Waals surface area contributed by atoms with Crippen molar-refractivity contribution in [1.29, 1.82) is 0 Å². The van der Waals surface area contributed by atoms with Crippen molar-refractivity contribution in [2.24, 2.45) is 0 Å². The summed E-state index contributed by atoms with van der Waals surface area (Å²) in [5.74, 6) is -0.609. The summed E-state index contributed by atoms with van der Waals surface area (Å²) in [7, 11) is 0. The van der Waals surface area contributed by atoms with E-state index in [0.717, 1.165) is 0 Å². The molecule has 0 bridgehead atoms. The van der Waals surface area contributed by atoms with E-state index in [-0.39, 0.29) is 12.2 Å². The quantitative estimate of drug-likeness (QED) is 0.464. The molecule has 1 aromatic carbocycles. The molecule has 0 fully saturated rings. The molecule has 3 nitrogen and oxygen atoms in total. The van der Waals surface area contributed by atoms with Gasteiger partial charge in [0.15, 0.2) is 5.78 Å². The van der Waals surface area contributed by atoms with Gasteiger partial charge >= 0.3 is 5.97 Å². The highest BCUT2D eigenvalue weighted by Gasteiger charge is 2.21. The van der Waals surface area contributed by atoms with Gasteiger partial charge < -0.3 is 4.74 Å². The van der Waals surface area contributed by atoms with Crippen LogP contribution in [-0.2, 0) is 4.74 Å². The Bertz CT molecular complexity index is 467. The first-order valence-corrected chi connectivity index (χ1v) is 5.81. The van der Waals surface area contributed by atoms with Gasteiger partial charge in [-0.1, -0.05) is 24.3 Å². The van der Waals surface area contributed by atoms with E-state index in [2.05, 4.69) is 6.58 Å². The fourth-order valence-corrected chi connectivity index (χ4v) is 1.48. The van der Waals surface area contributed by atoms with Crippen molar-refractivity contribution in [2.45, 2.75) is 32.8 Å². The Morgan fingerprint density at radius 1 is 1.22 bits per heavy atom. The van der Waals surface area contributed by atoms with Crippen LogP contribution in [0.2, 0.25) is 0 Å². The monoisotopic (exact) mass is 246 g/mol. The molecule has 0 radical (unpaired) electrons. The van der Waals surface area contributed by atoms with Gasteiger partial charge in [-0.25, -0.2) is 4.79 Å². The van der Waals surface area contributed by atoms with Crippen LogP contribution >= 0.6 is 0 Å². The van der Waals surface area contributed by atoms with Gasteiger partial charge in [-0.15, -0.1) is 6.58 Å². The number of hydrogen-bond acceptors (Lipinski definition) is 3. The van der Waals surface area contributed by atoms with Crippen LogP contribution in [0.25, 0.3) is 0 Å². The van der Waals surface area contributed by atoms with E-state index in [4.69, 9.17) is 4.74 Å². The van der Waals surface area contributed by atoms with Gasteiger partial charge in [-0.2, -0.15) is 0 Å². The molecule has 0 N–H and O–H groups in total. The number of rotatable bonds is 4. The minimum Gasteiger partial charge on any atom is -0.456 e. The summed E-state index contributed by atoms with van der Waals surface area (Å²) < 4.78 is 5.28. The van der Waals surface area contributed by atoms with Crippen molar-refractivity contribution in [3.05, 3.63) is 48.0 Å². The van der Waals surface area contributed by atoms with Crippen molar-refractivity contribution in [3.8, 4) is 0 Å². The Morgan fingerprint density at radius 2 is 1.78 bits per heavy atom. The molecule has 0 heterocycles. The molecule has 0 saturated carbocycles. The molecule has 1 rings (SSSR count). The van der Waals surface area contributed by atoms with Crippen LogP contribution in [0.4, 0.5) is 0 Å². The first-order valence-electron chi connectivity index (χ1n) is 5.81. The average Bonchev–Trinajstić information content (AvgIpc) is 2.27. The molecule has 1 aromatic rings. The first-order chi connectivity index (χ1) is 8.35. The average molecular weight is 246 g/mol. The fraction of sp³-hybridized carbons (Fsp3) is 0.333. The van der Waals surface area contributed by atoms with Gasteiger partial charge in [0, 0.05) is 12.0 Å². The Morgan fingerprint density at radius 3 is 2.28 bits per heavy atom. The van der Waals surface area contributed by atoms with Gasteiger partial charge in [0.25, 0.3) is 0 Å². The zero-order chi connectivity index (χ0) is 13.8. The van der Waals surface area contributed by atoms with Crippen LogP contribution in [0, 0.1) is 0 Å². The second-order valence-electron chi connectivity index (χ2n) is 4.96. The fourth-order valence-electron chi connectivity index (χ4n) is 1.48. The van der Waals surface area contributed by atoms with E-state index in [9.17, 15) is 9.59 Å². The third-order valence-electron chi connectivity index (χ3n) is 2.18. The topological polar surface area (TPSA) is 43.4 Å². The van der Waals surface area contributed by atoms with Crippen LogP contribution < -0.4 is 0 Å². The number of Topliss-reactive ketones (excluding diaryl/α,β-unsaturated/α-hetero) is 1. The van der Waals surface area contributed by atoms with Crippen LogP contribution in [-0.4, -0.2) is 17.4 Å². The highest BCUT2D eigenvalue weighted by atomic mass is 16.6.